The standard InChI is InChI=1S/C24H21N3O6/c1-16-3-12-22(17(2)13-16)32-15-23(28)26-25-14-18-4-10-21(11-5-18)33-24(29)19-6-8-20(9-7-19)27(30)31/h3-14H,15H2,1-2H3,(H,26,28)/b25-14-. The molecule has 0 heterocycles. The number of esters is 1. The number of benzene rings is 3. The number of non-ortho nitro benzene ring substituents is 1. The van der Waals surface area contributed by atoms with Gasteiger partial charge in [0.1, 0.15) is 11.5 Å². The highest BCUT2D eigenvalue weighted by molar-refractivity contribution is 5.91. The normalized spacial score (nSPS) is 10.6. The molecular formula is C24H21N3O6. The molecule has 0 aliphatic carbocycles. The second-order valence-electron chi connectivity index (χ2n) is 7.11. The molecule has 0 atom stereocenters. The SMILES string of the molecule is Cc1ccc(OCC(=O)N/N=C\c2ccc(OC(=O)c3ccc([N+](=O)[O-])cc3)cc2)c(C)c1. The number of hydrogen-bond acceptors (Lipinski definition) is 7. The molecule has 1 amide bonds. The van der Waals surface area contributed by atoms with Crippen molar-refractivity contribution in [2.45, 2.75) is 13.8 Å². The Bertz CT molecular complexity index is 1190. The second-order valence-corrected chi connectivity index (χ2v) is 7.11. The van der Waals surface area contributed by atoms with E-state index >= 15 is 0 Å². The number of nitrogens with one attached hydrogen (secondary N) is 1. The number of amides is 1. The fourth-order valence-corrected chi connectivity index (χ4v) is 2.82. The van der Waals surface area contributed by atoms with Crippen LogP contribution in [0.3, 0.4) is 0 Å². The Balaban J connectivity index is 1.47. The van der Waals surface area contributed by atoms with E-state index in [1.54, 1.807) is 24.3 Å². The van der Waals surface area contributed by atoms with Gasteiger partial charge < -0.3 is 9.47 Å². The van der Waals surface area contributed by atoms with Crippen molar-refractivity contribution in [3.63, 3.8) is 0 Å². The summed E-state index contributed by atoms with van der Waals surface area (Å²) in [6.45, 7) is 3.72. The first-order chi connectivity index (χ1) is 15.8. The van der Waals surface area contributed by atoms with Crippen LogP contribution in [0.5, 0.6) is 11.5 Å². The Morgan fingerprint density at radius 2 is 1.73 bits per heavy atom. The number of hydrazone groups is 1. The Morgan fingerprint density at radius 3 is 2.36 bits per heavy atom. The van der Waals surface area contributed by atoms with Crippen LogP contribution >= 0.6 is 0 Å². The number of nitro groups is 1. The van der Waals surface area contributed by atoms with Crippen LogP contribution in [0.15, 0.2) is 71.8 Å². The number of nitro benzene ring substituents is 1. The van der Waals surface area contributed by atoms with Gasteiger partial charge in [0, 0.05) is 12.1 Å². The minimum atomic E-state index is -0.637. The lowest BCUT2D eigenvalue weighted by Gasteiger charge is -2.08. The Labute approximate surface area is 189 Å². The number of nitrogens with zero attached hydrogens (tertiary/aromatic N) is 2. The summed E-state index contributed by atoms with van der Waals surface area (Å²) in [6.07, 6.45) is 1.44. The molecular weight excluding hydrogens is 426 g/mol. The number of carbonyl (C=O) groups is 2. The smallest absolute Gasteiger partial charge is 0.343 e. The van der Waals surface area contributed by atoms with Gasteiger partial charge in [-0.1, -0.05) is 17.7 Å². The molecule has 0 aromatic heterocycles. The van der Waals surface area contributed by atoms with Crippen LogP contribution in [0.2, 0.25) is 0 Å². The summed E-state index contributed by atoms with van der Waals surface area (Å²) >= 11 is 0. The number of carbonyl (C=O) groups excluding carboxylic acids is 2. The van der Waals surface area contributed by atoms with Gasteiger partial charge >= 0.3 is 5.97 Å². The third-order valence-corrected chi connectivity index (χ3v) is 4.50. The molecule has 33 heavy (non-hydrogen) atoms. The first-order valence-electron chi connectivity index (χ1n) is 9.90. The zero-order chi connectivity index (χ0) is 23.8. The van der Waals surface area contributed by atoms with E-state index in [9.17, 15) is 19.7 Å². The zero-order valence-electron chi connectivity index (χ0n) is 18.0. The number of rotatable bonds is 8. The molecule has 9 heteroatoms. The first-order valence-corrected chi connectivity index (χ1v) is 9.90. The van der Waals surface area contributed by atoms with Gasteiger partial charge in [0.2, 0.25) is 0 Å². The third-order valence-electron chi connectivity index (χ3n) is 4.50. The number of hydrogen-bond donors (Lipinski definition) is 1. The minimum absolute atomic E-state index is 0.112. The van der Waals surface area contributed by atoms with Crippen LogP contribution < -0.4 is 14.9 Å². The molecule has 0 saturated carbocycles. The van der Waals surface area contributed by atoms with Gasteiger partial charge in [-0.15, -0.1) is 0 Å². The molecule has 0 saturated heterocycles. The van der Waals surface area contributed by atoms with E-state index in [0.717, 1.165) is 11.1 Å². The van der Waals surface area contributed by atoms with Crippen molar-refractivity contribution in [3.05, 3.63) is 99.1 Å². The molecule has 0 radical (unpaired) electrons. The lowest BCUT2D eigenvalue weighted by molar-refractivity contribution is -0.384. The van der Waals surface area contributed by atoms with Crippen LogP contribution in [0.1, 0.15) is 27.0 Å². The average Bonchev–Trinajstić information content (AvgIpc) is 2.79. The third kappa shape index (κ3) is 6.73. The van der Waals surface area contributed by atoms with Crippen molar-refractivity contribution in [1.29, 1.82) is 0 Å². The Morgan fingerprint density at radius 1 is 1.03 bits per heavy atom. The lowest BCUT2D eigenvalue weighted by Crippen LogP contribution is -2.24. The van der Waals surface area contributed by atoms with Crippen molar-refractivity contribution in [3.8, 4) is 11.5 Å². The van der Waals surface area contributed by atoms with Crippen molar-refractivity contribution in [2.75, 3.05) is 6.61 Å². The molecule has 3 aromatic rings. The summed E-state index contributed by atoms with van der Waals surface area (Å²) < 4.78 is 10.7. The number of ether oxygens (including phenoxy) is 2. The quantitative estimate of drug-likeness (QED) is 0.183. The van der Waals surface area contributed by atoms with E-state index in [2.05, 4.69) is 10.5 Å². The van der Waals surface area contributed by atoms with Crippen molar-refractivity contribution >= 4 is 23.8 Å². The Kier molecular flexibility index (Phi) is 7.48. The predicted molar refractivity (Wildman–Crippen MR) is 122 cm³/mol. The van der Waals surface area contributed by atoms with E-state index in [-0.39, 0.29) is 17.9 Å². The fourth-order valence-electron chi connectivity index (χ4n) is 2.82. The van der Waals surface area contributed by atoms with Gasteiger partial charge in [0.15, 0.2) is 6.61 Å². The van der Waals surface area contributed by atoms with Gasteiger partial charge in [-0.2, -0.15) is 5.10 Å². The maximum Gasteiger partial charge on any atom is 0.343 e. The van der Waals surface area contributed by atoms with E-state index in [4.69, 9.17) is 9.47 Å². The summed E-state index contributed by atoms with van der Waals surface area (Å²) in [7, 11) is 0. The zero-order valence-corrected chi connectivity index (χ0v) is 18.0. The summed E-state index contributed by atoms with van der Waals surface area (Å²) in [6, 6.07) is 17.3. The molecule has 3 rings (SSSR count). The van der Waals surface area contributed by atoms with E-state index < -0.39 is 16.8 Å². The topological polar surface area (TPSA) is 120 Å². The second kappa shape index (κ2) is 10.7. The maximum absolute atomic E-state index is 12.2. The molecule has 0 unspecified atom stereocenters. The summed E-state index contributed by atoms with van der Waals surface area (Å²) in [5.41, 5.74) is 5.19. The van der Waals surface area contributed by atoms with E-state index in [0.29, 0.717) is 17.1 Å². The van der Waals surface area contributed by atoms with Crippen molar-refractivity contribution in [2.24, 2.45) is 5.10 Å². The lowest BCUT2D eigenvalue weighted by atomic mass is 10.1. The van der Waals surface area contributed by atoms with Gasteiger partial charge in [-0.3, -0.25) is 14.9 Å². The van der Waals surface area contributed by atoms with Crippen LogP contribution in [-0.2, 0) is 4.79 Å². The van der Waals surface area contributed by atoms with Crippen molar-refractivity contribution in [1.82, 2.24) is 5.43 Å². The highest BCUT2D eigenvalue weighted by Gasteiger charge is 2.11. The van der Waals surface area contributed by atoms with E-state index in [1.165, 1.54) is 30.5 Å². The van der Waals surface area contributed by atoms with Gasteiger partial charge in [-0.05, 0) is 67.4 Å². The molecule has 0 aliphatic heterocycles. The van der Waals surface area contributed by atoms with Crippen LogP contribution in [0.25, 0.3) is 0 Å². The molecule has 0 spiro atoms. The molecule has 9 nitrogen and oxygen atoms in total. The van der Waals surface area contributed by atoms with Gasteiger partial charge in [-0.25, -0.2) is 10.2 Å². The Hall–Kier alpha value is -4.53. The monoisotopic (exact) mass is 447 g/mol. The summed E-state index contributed by atoms with van der Waals surface area (Å²) in [5.74, 6) is -0.109. The van der Waals surface area contributed by atoms with E-state index in [1.807, 2.05) is 32.0 Å². The molecule has 168 valence electrons. The number of aryl methyl sites for hydroxylation is 2. The largest absolute Gasteiger partial charge is 0.483 e. The molecule has 0 aliphatic rings. The van der Waals surface area contributed by atoms with Crippen molar-refractivity contribution < 1.29 is 24.0 Å². The van der Waals surface area contributed by atoms with Gasteiger partial charge in [0.05, 0.1) is 16.7 Å². The molecule has 3 aromatic carbocycles. The molecule has 0 bridgehead atoms. The average molecular weight is 447 g/mol. The van der Waals surface area contributed by atoms with Crippen LogP contribution in [0, 0.1) is 24.0 Å². The predicted octanol–water partition coefficient (Wildman–Crippen LogP) is 3.96. The molecule has 1 N–H and O–H groups in total. The summed E-state index contributed by atoms with van der Waals surface area (Å²) in [5, 5.41) is 14.6. The first kappa shape index (κ1) is 23.1. The fraction of sp³-hybridized carbons (Fsp3) is 0.125. The van der Waals surface area contributed by atoms with Gasteiger partial charge in [0.25, 0.3) is 11.6 Å². The maximum atomic E-state index is 12.2. The highest BCUT2D eigenvalue weighted by Crippen LogP contribution is 2.18. The molecule has 0 fully saturated rings. The van der Waals surface area contributed by atoms with Crippen LogP contribution in [-0.4, -0.2) is 29.6 Å². The van der Waals surface area contributed by atoms with Crippen LogP contribution in [0.4, 0.5) is 5.69 Å². The minimum Gasteiger partial charge on any atom is -0.483 e. The highest BCUT2D eigenvalue weighted by atomic mass is 16.6. The summed E-state index contributed by atoms with van der Waals surface area (Å²) in [4.78, 5) is 34.2.